The number of rotatable bonds is 6. The Bertz CT molecular complexity index is 1980. The molecule has 0 bridgehead atoms. The van der Waals surface area contributed by atoms with Crippen LogP contribution in [-0.2, 0) is 38.8 Å². The summed E-state index contributed by atoms with van der Waals surface area (Å²) in [6.07, 6.45) is 12.1. The van der Waals surface area contributed by atoms with Crippen LogP contribution in [-0.4, -0.2) is 6.22 Å². The Morgan fingerprint density at radius 3 is 1.15 bits per heavy atom. The van der Waals surface area contributed by atoms with Gasteiger partial charge in [-0.1, -0.05) is 0 Å². The molecule has 0 N–H and O–H groups in total. The minimum absolute atomic E-state index is 0.0856. The maximum atomic E-state index is 2.87. The SMILES string of the molecule is CCC[SiH]=[Hf]([CH3])([CH3])([CH]1C=Cc2c(-c3cc(C(C)(C)C)cc(C(C)(C)C)c3)cccc21)[CH]1C=Cc2c(-c3cc(C(C)(C)C)cc(C(C)(C)C)c3)cccc21. The number of benzene rings is 4. The Morgan fingerprint density at radius 1 is 0.509 bits per heavy atom. The first kappa shape index (κ1) is 40.1. The fourth-order valence-corrected chi connectivity index (χ4v) is 49.3. The van der Waals surface area contributed by atoms with Gasteiger partial charge >= 0.3 is 328 Å². The molecule has 4 aromatic rings. The normalized spacial score (nSPS) is 17.7. The van der Waals surface area contributed by atoms with Gasteiger partial charge in [0.2, 0.25) is 0 Å². The molecule has 4 aromatic carbocycles. The van der Waals surface area contributed by atoms with Crippen molar-refractivity contribution in [1.29, 1.82) is 0 Å². The first-order chi connectivity index (χ1) is 24.4. The van der Waals surface area contributed by atoms with Crippen LogP contribution in [0.1, 0.15) is 148 Å². The predicted molar refractivity (Wildman–Crippen MR) is 236 cm³/mol. The van der Waals surface area contributed by atoms with Crippen LogP contribution in [0.2, 0.25) is 15.4 Å². The van der Waals surface area contributed by atoms with Gasteiger partial charge in [0.15, 0.2) is 0 Å². The summed E-state index contributed by atoms with van der Waals surface area (Å²) in [5.41, 5.74) is 17.7. The molecule has 0 nitrogen and oxygen atoms in total. The zero-order valence-corrected chi connectivity index (χ0v) is 40.6. The van der Waals surface area contributed by atoms with Crippen molar-refractivity contribution in [3.05, 3.63) is 129 Å². The van der Waals surface area contributed by atoms with Crippen LogP contribution >= 0.6 is 0 Å². The van der Waals surface area contributed by atoms with Gasteiger partial charge in [0.1, 0.15) is 0 Å². The van der Waals surface area contributed by atoms with Crippen molar-refractivity contribution in [3.8, 4) is 22.3 Å². The first-order valence-corrected chi connectivity index (χ1v) is 39.4. The zero-order valence-electron chi connectivity index (χ0n) is 35.9. The van der Waals surface area contributed by atoms with Crippen LogP contribution in [0.15, 0.2) is 84.9 Å². The number of fused-ring (bicyclic) bond motifs is 2. The summed E-state index contributed by atoms with van der Waals surface area (Å²) in [5.74, 6) is 0. The van der Waals surface area contributed by atoms with Crippen molar-refractivity contribution >= 4 is 18.4 Å². The molecule has 0 saturated heterocycles. The molecule has 0 aliphatic heterocycles. The fraction of sp³-hybridized carbons (Fsp3) is 0.451. The molecule has 0 aromatic heterocycles. The molecule has 0 amide bonds. The van der Waals surface area contributed by atoms with Crippen molar-refractivity contribution in [2.45, 2.75) is 141 Å². The van der Waals surface area contributed by atoms with Crippen molar-refractivity contribution in [2.24, 2.45) is 0 Å². The van der Waals surface area contributed by atoms with E-state index in [0.29, 0.717) is 13.6 Å². The average Bonchev–Trinajstić information content (AvgIpc) is 3.72. The van der Waals surface area contributed by atoms with E-state index < -0.39 is 17.1 Å². The Hall–Kier alpha value is -2.55. The van der Waals surface area contributed by atoms with Gasteiger partial charge in [-0.15, -0.1) is 0 Å². The van der Waals surface area contributed by atoms with Crippen LogP contribution in [0.25, 0.3) is 34.4 Å². The average molecular weight is 888 g/mol. The Morgan fingerprint density at radius 2 is 0.849 bits per heavy atom. The Balaban J connectivity index is 1.51. The van der Waals surface area contributed by atoms with Gasteiger partial charge in [-0.25, -0.2) is 0 Å². The molecule has 0 spiro atoms. The van der Waals surface area contributed by atoms with E-state index in [1.807, 2.05) is 0 Å². The molecule has 2 heteroatoms. The third kappa shape index (κ3) is 7.55. The molecule has 53 heavy (non-hydrogen) atoms. The van der Waals surface area contributed by atoms with Crippen LogP contribution in [0, 0.1) is 0 Å². The molecule has 2 aliphatic rings. The standard InChI is InChI=1S/2C23H27.C3H8Si.2CH3.Hf/c2*1-22(2,3)18-13-17(14-19(15-18)23(4,5)6)21-12-8-10-16-9-7-11-20(16)21;1-2-3-4;;;/h2*7-15H,1-6H3;4H,2-3H2,1H3;2*1H3;. The number of hydrogen-bond donors (Lipinski definition) is 0. The van der Waals surface area contributed by atoms with E-state index in [1.54, 1.807) is 11.1 Å². The number of hydrogen-bond acceptors (Lipinski definition) is 0. The molecule has 0 fully saturated rings. The van der Waals surface area contributed by atoms with E-state index in [4.69, 9.17) is 0 Å². The van der Waals surface area contributed by atoms with E-state index in [1.165, 1.54) is 68.1 Å². The maximum absolute atomic E-state index is 3.81. The van der Waals surface area contributed by atoms with E-state index in [0.717, 1.165) is 0 Å². The van der Waals surface area contributed by atoms with Gasteiger partial charge in [-0.05, 0) is 0 Å². The Kier molecular flexibility index (Phi) is 10.3. The van der Waals surface area contributed by atoms with Gasteiger partial charge < -0.3 is 0 Å². The van der Waals surface area contributed by atoms with E-state index in [-0.39, 0.29) is 21.7 Å². The van der Waals surface area contributed by atoms with Gasteiger partial charge in [0, 0.05) is 0 Å². The van der Waals surface area contributed by atoms with E-state index in [9.17, 15) is 0 Å². The molecule has 6 rings (SSSR count). The molecule has 0 saturated carbocycles. The van der Waals surface area contributed by atoms with Crippen LogP contribution in [0.3, 0.4) is 0 Å². The second-order valence-electron chi connectivity index (χ2n) is 21.6. The summed E-state index contributed by atoms with van der Waals surface area (Å²) in [4.78, 5) is 0. The van der Waals surface area contributed by atoms with E-state index in [2.05, 4.69) is 196 Å². The van der Waals surface area contributed by atoms with Crippen molar-refractivity contribution in [3.63, 3.8) is 0 Å². The molecule has 280 valence electrons. The summed E-state index contributed by atoms with van der Waals surface area (Å²) >= 11 is -3.81. The van der Waals surface area contributed by atoms with Crippen LogP contribution in [0.5, 0.6) is 0 Å². The molecule has 2 unspecified atom stereocenters. The molecular formula is C51H68HfSi. The van der Waals surface area contributed by atoms with Gasteiger partial charge in [0.05, 0.1) is 0 Å². The quantitative estimate of drug-likeness (QED) is 0.169. The fourth-order valence-electron chi connectivity index (χ4n) is 9.11. The zero-order chi connectivity index (χ0) is 39.0. The van der Waals surface area contributed by atoms with Gasteiger partial charge in [-0.2, -0.15) is 0 Å². The van der Waals surface area contributed by atoms with Gasteiger partial charge in [-0.3, -0.25) is 0 Å². The summed E-state index contributed by atoms with van der Waals surface area (Å²) < 4.78 is 6.81. The minimum atomic E-state index is -3.81. The Labute approximate surface area is 325 Å². The third-order valence-corrected chi connectivity index (χ3v) is 55.6. The van der Waals surface area contributed by atoms with Crippen LogP contribution in [0.4, 0.5) is 0 Å². The molecule has 0 heterocycles. The molecule has 2 aliphatic carbocycles. The van der Waals surface area contributed by atoms with Crippen molar-refractivity contribution in [1.82, 2.24) is 0 Å². The predicted octanol–water partition coefficient (Wildman–Crippen LogP) is 15.0. The topological polar surface area (TPSA) is 0 Å². The molecule has 2 atom stereocenters. The summed E-state index contributed by atoms with van der Waals surface area (Å²) in [7, 11) is 0. The second-order valence-corrected chi connectivity index (χ2v) is 66.0. The summed E-state index contributed by atoms with van der Waals surface area (Å²) in [6, 6.07) is 30.7. The first-order valence-electron chi connectivity index (χ1n) is 20.4. The monoisotopic (exact) mass is 888 g/mol. The molecular weight excluding hydrogens is 819 g/mol. The van der Waals surface area contributed by atoms with Crippen molar-refractivity contribution < 1.29 is 17.1 Å². The molecule has 0 radical (unpaired) electrons. The third-order valence-electron chi connectivity index (χ3n) is 12.9. The van der Waals surface area contributed by atoms with Crippen LogP contribution < -0.4 is 0 Å². The van der Waals surface area contributed by atoms with E-state index >= 15 is 0 Å². The number of allylic oxidation sites excluding steroid dienone is 2. The second kappa shape index (κ2) is 13.6. The summed E-state index contributed by atoms with van der Waals surface area (Å²) in [6.45, 7) is 30.6. The summed E-state index contributed by atoms with van der Waals surface area (Å²) in [5, 5.41) is 0. The van der Waals surface area contributed by atoms with Gasteiger partial charge in [0.25, 0.3) is 0 Å². The van der Waals surface area contributed by atoms with Crippen molar-refractivity contribution in [2.75, 3.05) is 0 Å².